The molecule has 2 aromatic carbocycles. The van der Waals surface area contributed by atoms with Gasteiger partial charge in [-0.2, -0.15) is 0 Å². The van der Waals surface area contributed by atoms with E-state index in [-0.39, 0.29) is 17.8 Å². The Balaban J connectivity index is 1.38. The monoisotopic (exact) mass is 392 g/mol. The third-order valence-corrected chi connectivity index (χ3v) is 4.78. The van der Waals surface area contributed by atoms with Crippen molar-refractivity contribution in [2.75, 3.05) is 13.1 Å². The first-order valence-corrected chi connectivity index (χ1v) is 8.88. The molecule has 0 saturated carbocycles. The average Bonchev–Trinajstić information content (AvgIpc) is 3.23. The zero-order valence-electron chi connectivity index (χ0n) is 14.2. The summed E-state index contributed by atoms with van der Waals surface area (Å²) >= 11 is 5.95. The lowest BCUT2D eigenvalue weighted by atomic mass is 10.1. The number of hydrogen-bond donors (Lipinski definition) is 1. The van der Waals surface area contributed by atoms with E-state index in [4.69, 9.17) is 16.4 Å². The standard InChI is InChI=1S/C20H16ClF3N2O/c21-14-9-17-12(11-25-20(17)19(24)10-14)3-5-26-6-4-16(27-26)8-13-7-15(22)1-2-18(13)23/h1-2,4,7,9-11,25H,3,5-6,8H2. The molecule has 7 heteroatoms. The maximum absolute atomic E-state index is 13.9. The fraction of sp³-hybridized carbons (Fsp3) is 0.200. The van der Waals surface area contributed by atoms with Crippen LogP contribution in [0.15, 0.2) is 48.4 Å². The van der Waals surface area contributed by atoms with E-state index in [1.807, 2.05) is 6.08 Å². The van der Waals surface area contributed by atoms with Crippen molar-refractivity contribution in [1.82, 2.24) is 10.0 Å². The average molecular weight is 393 g/mol. The molecular formula is C20H16ClF3N2O. The minimum Gasteiger partial charge on any atom is -0.410 e. The van der Waals surface area contributed by atoms with Gasteiger partial charge < -0.3 is 9.82 Å². The number of benzene rings is 2. The first-order chi connectivity index (χ1) is 13.0. The van der Waals surface area contributed by atoms with Gasteiger partial charge in [-0.05, 0) is 54.0 Å². The second-order valence-electron chi connectivity index (χ2n) is 6.44. The minimum atomic E-state index is -0.480. The van der Waals surface area contributed by atoms with Crippen LogP contribution in [0.1, 0.15) is 11.1 Å². The number of hydrogen-bond acceptors (Lipinski definition) is 2. The number of allylic oxidation sites excluding steroid dienone is 1. The molecule has 0 aliphatic carbocycles. The van der Waals surface area contributed by atoms with Gasteiger partial charge in [0, 0.05) is 29.6 Å². The molecule has 1 N–H and O–H groups in total. The molecule has 0 atom stereocenters. The maximum atomic E-state index is 13.9. The molecule has 0 spiro atoms. The van der Waals surface area contributed by atoms with Gasteiger partial charge in [0.25, 0.3) is 0 Å². The van der Waals surface area contributed by atoms with E-state index in [0.29, 0.717) is 35.8 Å². The van der Waals surface area contributed by atoms with E-state index >= 15 is 0 Å². The molecule has 4 rings (SSSR count). The van der Waals surface area contributed by atoms with Crippen molar-refractivity contribution in [3.8, 4) is 0 Å². The van der Waals surface area contributed by atoms with Crippen LogP contribution < -0.4 is 0 Å². The number of fused-ring (bicyclic) bond motifs is 1. The van der Waals surface area contributed by atoms with Crippen LogP contribution in [0, 0.1) is 17.5 Å². The topological polar surface area (TPSA) is 28.3 Å². The molecule has 140 valence electrons. The molecule has 0 bridgehead atoms. The van der Waals surface area contributed by atoms with E-state index in [1.54, 1.807) is 17.3 Å². The molecule has 1 aliphatic heterocycles. The number of H-pyrrole nitrogens is 1. The fourth-order valence-electron chi connectivity index (χ4n) is 3.21. The second-order valence-corrected chi connectivity index (χ2v) is 6.87. The summed E-state index contributed by atoms with van der Waals surface area (Å²) in [5.74, 6) is -0.751. The van der Waals surface area contributed by atoms with E-state index < -0.39 is 11.6 Å². The Morgan fingerprint density at radius 1 is 1.07 bits per heavy atom. The van der Waals surface area contributed by atoms with Gasteiger partial charge in [-0.25, -0.2) is 13.2 Å². The van der Waals surface area contributed by atoms with Gasteiger partial charge in [0.2, 0.25) is 0 Å². The van der Waals surface area contributed by atoms with Crippen LogP contribution in [0.2, 0.25) is 5.02 Å². The summed E-state index contributed by atoms with van der Waals surface area (Å²) in [6.07, 6.45) is 4.41. The van der Waals surface area contributed by atoms with Crippen LogP contribution in [0.3, 0.4) is 0 Å². The molecule has 0 fully saturated rings. The SMILES string of the molecule is Fc1ccc(F)c(CC2=CCN(CCc3c[nH]c4c(F)cc(Cl)cc34)O2)c1. The number of nitrogens with one attached hydrogen (secondary N) is 1. The van der Waals surface area contributed by atoms with Crippen LogP contribution in [-0.2, 0) is 17.7 Å². The molecule has 0 saturated heterocycles. The van der Waals surface area contributed by atoms with Crippen molar-refractivity contribution in [3.05, 3.63) is 82.0 Å². The van der Waals surface area contributed by atoms with Crippen molar-refractivity contribution in [3.63, 3.8) is 0 Å². The molecule has 1 aliphatic rings. The van der Waals surface area contributed by atoms with Gasteiger partial charge >= 0.3 is 0 Å². The Labute approximate surface area is 159 Å². The Bertz CT molecular complexity index is 1030. The van der Waals surface area contributed by atoms with Gasteiger partial charge in [-0.3, -0.25) is 0 Å². The van der Waals surface area contributed by atoms with Crippen molar-refractivity contribution in [2.45, 2.75) is 12.8 Å². The van der Waals surface area contributed by atoms with Gasteiger partial charge in [0.15, 0.2) is 0 Å². The van der Waals surface area contributed by atoms with Crippen molar-refractivity contribution in [2.24, 2.45) is 0 Å². The lowest BCUT2D eigenvalue weighted by Crippen LogP contribution is -2.22. The van der Waals surface area contributed by atoms with Crippen molar-refractivity contribution in [1.29, 1.82) is 0 Å². The first-order valence-electron chi connectivity index (χ1n) is 8.50. The predicted octanol–water partition coefficient (Wildman–Crippen LogP) is 5.15. The summed E-state index contributed by atoms with van der Waals surface area (Å²) in [6, 6.07) is 6.37. The Hall–Kier alpha value is -2.44. The summed E-state index contributed by atoms with van der Waals surface area (Å²) in [6.45, 7) is 1.11. The van der Waals surface area contributed by atoms with Crippen LogP contribution in [0.4, 0.5) is 13.2 Å². The highest BCUT2D eigenvalue weighted by Crippen LogP contribution is 2.26. The lowest BCUT2D eigenvalue weighted by molar-refractivity contribution is -0.0915. The molecule has 3 nitrogen and oxygen atoms in total. The highest BCUT2D eigenvalue weighted by atomic mass is 35.5. The van der Waals surface area contributed by atoms with Gasteiger partial charge in [-0.15, -0.1) is 5.06 Å². The third kappa shape index (κ3) is 3.82. The number of aromatic nitrogens is 1. The Morgan fingerprint density at radius 3 is 2.78 bits per heavy atom. The molecule has 2 heterocycles. The largest absolute Gasteiger partial charge is 0.410 e. The van der Waals surface area contributed by atoms with E-state index in [2.05, 4.69) is 4.98 Å². The molecule has 3 aromatic rings. The summed E-state index contributed by atoms with van der Waals surface area (Å²) in [7, 11) is 0. The fourth-order valence-corrected chi connectivity index (χ4v) is 3.42. The van der Waals surface area contributed by atoms with Crippen LogP contribution in [0.25, 0.3) is 10.9 Å². The number of halogens is 4. The molecule has 0 radical (unpaired) electrons. The second kappa shape index (κ2) is 7.29. The lowest BCUT2D eigenvalue weighted by Gasteiger charge is -2.16. The third-order valence-electron chi connectivity index (χ3n) is 4.56. The maximum Gasteiger partial charge on any atom is 0.148 e. The van der Waals surface area contributed by atoms with Gasteiger partial charge in [0.1, 0.15) is 23.2 Å². The first kappa shape index (κ1) is 17.9. The van der Waals surface area contributed by atoms with E-state index in [0.717, 1.165) is 23.1 Å². The van der Waals surface area contributed by atoms with Crippen molar-refractivity contribution < 1.29 is 18.0 Å². The summed E-state index contributed by atoms with van der Waals surface area (Å²) in [5.41, 5.74) is 1.61. The Kier molecular flexibility index (Phi) is 4.85. The minimum absolute atomic E-state index is 0.188. The quantitative estimate of drug-likeness (QED) is 0.650. The molecule has 1 aromatic heterocycles. The summed E-state index contributed by atoms with van der Waals surface area (Å²) in [5, 5.41) is 2.82. The number of aromatic amines is 1. The number of rotatable bonds is 5. The smallest absolute Gasteiger partial charge is 0.148 e. The zero-order chi connectivity index (χ0) is 19.0. The van der Waals surface area contributed by atoms with E-state index in [9.17, 15) is 13.2 Å². The Morgan fingerprint density at radius 2 is 1.93 bits per heavy atom. The van der Waals surface area contributed by atoms with E-state index in [1.165, 1.54) is 12.1 Å². The highest BCUT2D eigenvalue weighted by Gasteiger charge is 2.18. The number of hydroxylamine groups is 2. The van der Waals surface area contributed by atoms with Gasteiger partial charge in [0.05, 0.1) is 12.1 Å². The molecule has 0 amide bonds. The summed E-state index contributed by atoms with van der Waals surface area (Å²) < 4.78 is 40.9. The molecule has 0 unspecified atom stereocenters. The van der Waals surface area contributed by atoms with Crippen molar-refractivity contribution >= 4 is 22.5 Å². The van der Waals surface area contributed by atoms with Crippen LogP contribution >= 0.6 is 11.6 Å². The zero-order valence-corrected chi connectivity index (χ0v) is 15.0. The predicted molar refractivity (Wildman–Crippen MR) is 97.8 cm³/mol. The van der Waals surface area contributed by atoms with Gasteiger partial charge in [-0.1, -0.05) is 11.6 Å². The summed E-state index contributed by atoms with van der Waals surface area (Å²) in [4.78, 5) is 8.64. The normalized spacial score (nSPS) is 14.6. The van der Waals surface area contributed by atoms with Crippen LogP contribution in [-0.4, -0.2) is 23.1 Å². The molecule has 27 heavy (non-hydrogen) atoms. The number of nitrogens with zero attached hydrogens (tertiary/aromatic N) is 1. The highest BCUT2D eigenvalue weighted by molar-refractivity contribution is 6.31. The van der Waals surface area contributed by atoms with Crippen LogP contribution in [0.5, 0.6) is 0 Å². The molecular weight excluding hydrogens is 377 g/mol.